The van der Waals surface area contributed by atoms with Crippen molar-refractivity contribution < 1.29 is 8.83 Å². The molecular formula is C45H26N4O2. The number of fused-ring (bicyclic) bond motifs is 10. The molecular weight excluding hydrogens is 629 g/mol. The standard InChI is InChI=1S/C45H26N4O2/c1-3-12-27(13-4-1)43-46-44(28-14-5-2-6-15-28)48-45(47-43)34-19-11-18-33-41-38(51-42(33)34)25-24-37-40(41)32-23-22-29(26-39(32)50-37)49-35-20-9-7-16-30(35)31-17-8-10-21-36(31)49/h1-26H. The largest absolute Gasteiger partial charge is 0.456 e. The van der Waals surface area contributed by atoms with Crippen molar-refractivity contribution in [3.8, 4) is 39.9 Å². The summed E-state index contributed by atoms with van der Waals surface area (Å²) in [6, 6.07) is 53.8. The fourth-order valence-electron chi connectivity index (χ4n) is 7.59. The highest BCUT2D eigenvalue weighted by molar-refractivity contribution is 6.26. The summed E-state index contributed by atoms with van der Waals surface area (Å²) < 4.78 is 15.6. The number of benzene rings is 7. The Balaban J connectivity index is 1.12. The van der Waals surface area contributed by atoms with Gasteiger partial charge >= 0.3 is 0 Å². The number of rotatable bonds is 4. The Bertz CT molecular complexity index is 3030. The lowest BCUT2D eigenvalue weighted by atomic mass is 10.0. The Morgan fingerprint density at radius 3 is 1.61 bits per heavy atom. The van der Waals surface area contributed by atoms with Gasteiger partial charge in [-0.2, -0.15) is 0 Å². The Labute approximate surface area is 290 Å². The van der Waals surface area contributed by atoms with Gasteiger partial charge in [-0.15, -0.1) is 0 Å². The van der Waals surface area contributed by atoms with E-state index in [9.17, 15) is 0 Å². The molecule has 4 heterocycles. The Kier molecular flexibility index (Phi) is 5.86. The molecule has 238 valence electrons. The zero-order valence-corrected chi connectivity index (χ0v) is 27.1. The lowest BCUT2D eigenvalue weighted by Gasteiger charge is -2.08. The summed E-state index contributed by atoms with van der Waals surface area (Å²) in [5, 5.41) is 6.50. The molecule has 0 amide bonds. The average molecular weight is 655 g/mol. The molecule has 0 bridgehead atoms. The molecule has 0 aliphatic carbocycles. The fraction of sp³-hybridized carbons (Fsp3) is 0. The molecule has 7 aromatic carbocycles. The third kappa shape index (κ3) is 4.20. The van der Waals surface area contributed by atoms with E-state index in [2.05, 4.69) is 77.4 Å². The quantitative estimate of drug-likeness (QED) is 0.189. The first-order valence-electron chi connectivity index (χ1n) is 16.9. The van der Waals surface area contributed by atoms with E-state index in [1.807, 2.05) is 84.9 Å². The molecule has 51 heavy (non-hydrogen) atoms. The number of hydrogen-bond acceptors (Lipinski definition) is 5. The van der Waals surface area contributed by atoms with Crippen LogP contribution in [0.1, 0.15) is 0 Å². The first-order valence-corrected chi connectivity index (χ1v) is 16.9. The van der Waals surface area contributed by atoms with E-state index >= 15 is 0 Å². The monoisotopic (exact) mass is 654 g/mol. The number of hydrogen-bond donors (Lipinski definition) is 0. The van der Waals surface area contributed by atoms with Crippen LogP contribution in [0, 0.1) is 0 Å². The molecule has 0 unspecified atom stereocenters. The molecule has 0 spiro atoms. The molecule has 4 aromatic heterocycles. The molecule has 6 heteroatoms. The zero-order valence-electron chi connectivity index (χ0n) is 27.1. The first-order chi connectivity index (χ1) is 25.3. The highest BCUT2D eigenvalue weighted by Crippen LogP contribution is 2.43. The third-order valence-electron chi connectivity index (χ3n) is 9.86. The van der Waals surface area contributed by atoms with Crippen molar-refractivity contribution in [2.24, 2.45) is 0 Å². The van der Waals surface area contributed by atoms with Crippen molar-refractivity contribution in [3.05, 3.63) is 158 Å². The van der Waals surface area contributed by atoms with Gasteiger partial charge in [0.25, 0.3) is 0 Å². The normalized spacial score (nSPS) is 11.9. The minimum Gasteiger partial charge on any atom is -0.456 e. The summed E-state index contributed by atoms with van der Waals surface area (Å²) in [4.78, 5) is 14.9. The van der Waals surface area contributed by atoms with Crippen LogP contribution < -0.4 is 0 Å². The smallest absolute Gasteiger partial charge is 0.167 e. The number of aromatic nitrogens is 4. The molecule has 6 nitrogen and oxygen atoms in total. The molecule has 0 fully saturated rings. The predicted octanol–water partition coefficient (Wildman–Crippen LogP) is 11.8. The van der Waals surface area contributed by atoms with Gasteiger partial charge in [-0.1, -0.05) is 109 Å². The molecule has 11 rings (SSSR count). The van der Waals surface area contributed by atoms with Crippen LogP contribution in [0.4, 0.5) is 0 Å². The van der Waals surface area contributed by atoms with E-state index in [1.54, 1.807) is 0 Å². The van der Waals surface area contributed by atoms with E-state index in [-0.39, 0.29) is 0 Å². The van der Waals surface area contributed by atoms with Gasteiger partial charge in [-0.05, 0) is 42.5 Å². The van der Waals surface area contributed by atoms with Gasteiger partial charge in [0.1, 0.15) is 22.3 Å². The molecule has 0 aliphatic heterocycles. The minimum atomic E-state index is 0.552. The predicted molar refractivity (Wildman–Crippen MR) is 205 cm³/mol. The van der Waals surface area contributed by atoms with Crippen LogP contribution in [0.15, 0.2) is 167 Å². The first kappa shape index (κ1) is 27.9. The van der Waals surface area contributed by atoms with Crippen LogP contribution in [0.25, 0.3) is 106 Å². The molecule has 0 N–H and O–H groups in total. The number of furan rings is 2. The molecule has 0 saturated carbocycles. The fourth-order valence-corrected chi connectivity index (χ4v) is 7.59. The lowest BCUT2D eigenvalue weighted by molar-refractivity contribution is 0.663. The molecule has 0 radical (unpaired) electrons. The van der Waals surface area contributed by atoms with Crippen LogP contribution in [0.2, 0.25) is 0 Å². The van der Waals surface area contributed by atoms with Crippen molar-refractivity contribution in [3.63, 3.8) is 0 Å². The summed E-state index contributed by atoms with van der Waals surface area (Å²) in [5.74, 6) is 1.76. The Hall–Kier alpha value is -7.05. The van der Waals surface area contributed by atoms with E-state index < -0.39 is 0 Å². The summed E-state index contributed by atoms with van der Waals surface area (Å²) in [6.07, 6.45) is 0. The van der Waals surface area contributed by atoms with Gasteiger partial charge in [-0.3, -0.25) is 0 Å². The molecule has 11 aromatic rings. The molecule has 0 saturated heterocycles. The van der Waals surface area contributed by atoms with Crippen molar-refractivity contribution in [1.29, 1.82) is 0 Å². The van der Waals surface area contributed by atoms with Crippen LogP contribution in [0.3, 0.4) is 0 Å². The van der Waals surface area contributed by atoms with Gasteiger partial charge in [0.15, 0.2) is 17.5 Å². The summed E-state index contributed by atoms with van der Waals surface area (Å²) in [6.45, 7) is 0. The minimum absolute atomic E-state index is 0.552. The van der Waals surface area contributed by atoms with Crippen LogP contribution >= 0.6 is 0 Å². The Morgan fingerprint density at radius 1 is 0.392 bits per heavy atom. The topological polar surface area (TPSA) is 69.9 Å². The summed E-state index contributed by atoms with van der Waals surface area (Å²) in [5.41, 5.74) is 9.14. The summed E-state index contributed by atoms with van der Waals surface area (Å²) in [7, 11) is 0. The van der Waals surface area contributed by atoms with E-state index in [0.717, 1.165) is 77.3 Å². The van der Waals surface area contributed by atoms with Gasteiger partial charge in [0, 0.05) is 55.2 Å². The highest BCUT2D eigenvalue weighted by atomic mass is 16.3. The van der Waals surface area contributed by atoms with Crippen molar-refractivity contribution in [2.45, 2.75) is 0 Å². The van der Waals surface area contributed by atoms with Crippen LogP contribution in [-0.4, -0.2) is 19.5 Å². The SMILES string of the molecule is c1ccc(-c2nc(-c3ccccc3)nc(-c3cccc4c3oc3ccc5oc6cc(-n7c8ccccc8c8ccccc87)ccc6c5c34)n2)cc1. The number of para-hydroxylation sites is 3. The second-order valence-corrected chi connectivity index (χ2v) is 12.8. The van der Waals surface area contributed by atoms with Gasteiger partial charge in [-0.25, -0.2) is 15.0 Å². The van der Waals surface area contributed by atoms with Gasteiger partial charge in [0.2, 0.25) is 0 Å². The zero-order chi connectivity index (χ0) is 33.5. The van der Waals surface area contributed by atoms with E-state index in [1.165, 1.54) is 10.8 Å². The maximum Gasteiger partial charge on any atom is 0.167 e. The van der Waals surface area contributed by atoms with Crippen LogP contribution in [0.5, 0.6) is 0 Å². The maximum atomic E-state index is 6.69. The third-order valence-corrected chi connectivity index (χ3v) is 9.86. The van der Waals surface area contributed by atoms with Crippen molar-refractivity contribution >= 4 is 65.7 Å². The van der Waals surface area contributed by atoms with Crippen LogP contribution in [-0.2, 0) is 0 Å². The van der Waals surface area contributed by atoms with Gasteiger partial charge < -0.3 is 13.4 Å². The summed E-state index contributed by atoms with van der Waals surface area (Å²) >= 11 is 0. The maximum absolute atomic E-state index is 6.69. The van der Waals surface area contributed by atoms with E-state index in [0.29, 0.717) is 17.5 Å². The molecule has 0 aliphatic rings. The Morgan fingerprint density at radius 2 is 0.941 bits per heavy atom. The average Bonchev–Trinajstić information content (AvgIpc) is 3.87. The van der Waals surface area contributed by atoms with Crippen molar-refractivity contribution in [2.75, 3.05) is 0 Å². The number of nitrogens with zero attached hydrogens (tertiary/aromatic N) is 4. The van der Waals surface area contributed by atoms with E-state index in [4.69, 9.17) is 23.8 Å². The van der Waals surface area contributed by atoms with Crippen molar-refractivity contribution in [1.82, 2.24) is 19.5 Å². The van der Waals surface area contributed by atoms with Gasteiger partial charge in [0.05, 0.1) is 16.6 Å². The second-order valence-electron chi connectivity index (χ2n) is 12.8. The lowest BCUT2D eigenvalue weighted by Crippen LogP contribution is -2.00. The second kappa shape index (κ2) is 10.7. The highest BCUT2D eigenvalue weighted by Gasteiger charge is 2.21. The molecule has 0 atom stereocenters.